The van der Waals surface area contributed by atoms with Gasteiger partial charge in [-0.2, -0.15) is 0 Å². The molecular formula is C25H38FNOS. The maximum absolute atomic E-state index is 12.2. The maximum Gasteiger partial charge on any atom is 0.120 e. The molecule has 0 fully saturated rings. The molecule has 1 aromatic rings. The van der Waals surface area contributed by atoms with Crippen LogP contribution in [0.25, 0.3) is 0 Å². The molecule has 1 aromatic carbocycles. The van der Waals surface area contributed by atoms with Gasteiger partial charge in [0.05, 0.1) is 13.3 Å². The Morgan fingerprint density at radius 2 is 1.93 bits per heavy atom. The van der Waals surface area contributed by atoms with Gasteiger partial charge >= 0.3 is 0 Å². The second-order valence-corrected chi connectivity index (χ2v) is 7.58. The first-order valence-corrected chi connectivity index (χ1v) is 11.2. The molecule has 0 saturated carbocycles. The van der Waals surface area contributed by atoms with Crippen molar-refractivity contribution in [3.8, 4) is 5.75 Å². The molecule has 0 aromatic heterocycles. The van der Waals surface area contributed by atoms with Crippen LogP contribution in [0.1, 0.15) is 52.5 Å². The highest BCUT2D eigenvalue weighted by Crippen LogP contribution is 2.35. The zero-order valence-corrected chi connectivity index (χ0v) is 19.8. The van der Waals surface area contributed by atoms with Crippen molar-refractivity contribution in [1.29, 1.82) is 0 Å². The highest BCUT2D eigenvalue weighted by Gasteiger charge is 2.07. The third-order valence-electron chi connectivity index (χ3n) is 3.73. The van der Waals surface area contributed by atoms with Gasteiger partial charge in [-0.1, -0.05) is 69.8 Å². The van der Waals surface area contributed by atoms with Crippen molar-refractivity contribution in [1.82, 2.24) is 5.32 Å². The number of allylic oxidation sites excluding steroid dienone is 5. The highest BCUT2D eigenvalue weighted by atomic mass is 32.2. The lowest BCUT2D eigenvalue weighted by Crippen LogP contribution is -2.02. The zero-order chi connectivity index (χ0) is 22.1. The minimum Gasteiger partial charge on any atom is -0.493 e. The van der Waals surface area contributed by atoms with Crippen LogP contribution in [0.2, 0.25) is 0 Å². The number of thioether (sulfide) groups is 1. The van der Waals surface area contributed by atoms with Crippen molar-refractivity contribution in [2.75, 3.05) is 20.3 Å². The molecule has 162 valence electrons. The summed E-state index contributed by atoms with van der Waals surface area (Å²) in [5.41, 5.74) is 3.33. The molecule has 0 atom stereocenters. The molecule has 0 saturated heterocycles. The number of halogens is 1. The van der Waals surface area contributed by atoms with Gasteiger partial charge in [0.2, 0.25) is 0 Å². The van der Waals surface area contributed by atoms with Gasteiger partial charge in [-0.3, -0.25) is 4.39 Å². The van der Waals surface area contributed by atoms with E-state index in [2.05, 4.69) is 63.9 Å². The van der Waals surface area contributed by atoms with Gasteiger partial charge in [0.15, 0.2) is 0 Å². The Hall–Kier alpha value is -1.94. The van der Waals surface area contributed by atoms with Crippen molar-refractivity contribution in [2.24, 2.45) is 0 Å². The maximum atomic E-state index is 12.2. The quantitative estimate of drug-likeness (QED) is 0.225. The van der Waals surface area contributed by atoms with Crippen molar-refractivity contribution in [2.45, 2.75) is 58.8 Å². The lowest BCUT2D eigenvalue weighted by Gasteiger charge is -2.12. The van der Waals surface area contributed by atoms with Crippen LogP contribution >= 0.6 is 11.8 Å². The molecule has 0 unspecified atom stereocenters. The average Bonchev–Trinajstić information content (AvgIpc) is 2.70. The number of benzene rings is 1. The van der Waals surface area contributed by atoms with E-state index in [0.29, 0.717) is 13.0 Å². The van der Waals surface area contributed by atoms with E-state index in [1.54, 1.807) is 11.8 Å². The summed E-state index contributed by atoms with van der Waals surface area (Å²) in [5, 5.41) is 3.18. The Bertz CT molecular complexity index is 692. The number of likely N-dealkylation sites (N-methyl/N-ethyl adjacent to an activating group) is 1. The molecule has 1 rings (SSSR count). The smallest absolute Gasteiger partial charge is 0.120 e. The van der Waals surface area contributed by atoms with Crippen LogP contribution in [0.15, 0.2) is 70.2 Å². The first kappa shape index (κ1) is 27.1. The van der Waals surface area contributed by atoms with Gasteiger partial charge < -0.3 is 10.1 Å². The van der Waals surface area contributed by atoms with Crippen LogP contribution < -0.4 is 10.1 Å². The summed E-state index contributed by atoms with van der Waals surface area (Å²) in [7, 11) is 1.92. The van der Waals surface area contributed by atoms with Gasteiger partial charge in [0.1, 0.15) is 5.75 Å². The van der Waals surface area contributed by atoms with Crippen LogP contribution in [0.4, 0.5) is 4.39 Å². The molecular weight excluding hydrogens is 381 g/mol. The van der Waals surface area contributed by atoms with E-state index in [1.165, 1.54) is 6.42 Å². The van der Waals surface area contributed by atoms with E-state index in [9.17, 15) is 4.39 Å². The molecule has 0 aliphatic heterocycles. The second kappa shape index (κ2) is 17.0. The Morgan fingerprint density at radius 1 is 1.24 bits per heavy atom. The topological polar surface area (TPSA) is 21.3 Å². The van der Waals surface area contributed by atoms with Crippen LogP contribution in [0, 0.1) is 6.92 Å². The fourth-order valence-corrected chi connectivity index (χ4v) is 3.19. The van der Waals surface area contributed by atoms with Crippen molar-refractivity contribution >= 4 is 11.8 Å². The molecule has 0 aliphatic carbocycles. The number of ether oxygens (including phenoxy) is 1. The lowest BCUT2D eigenvalue weighted by atomic mass is 10.2. The molecule has 2 nitrogen and oxygen atoms in total. The van der Waals surface area contributed by atoms with Crippen molar-refractivity contribution in [3.05, 3.63) is 70.8 Å². The molecule has 0 amide bonds. The predicted molar refractivity (Wildman–Crippen MR) is 129 cm³/mol. The van der Waals surface area contributed by atoms with Gasteiger partial charge in [-0.05, 0) is 49.6 Å². The van der Waals surface area contributed by atoms with E-state index in [-0.39, 0.29) is 6.67 Å². The third kappa shape index (κ3) is 11.6. The molecule has 0 bridgehead atoms. The Labute approximate surface area is 182 Å². The molecule has 0 radical (unpaired) electrons. The SMILES string of the molecule is C=C(Sc1cc(OCCCF)ccc1C)C(/C=C\C(=C/CC)NC)=C/C.CCC. The summed E-state index contributed by atoms with van der Waals surface area (Å²) in [6.45, 7) is 14.7. The summed E-state index contributed by atoms with van der Waals surface area (Å²) >= 11 is 1.62. The van der Waals surface area contributed by atoms with Gasteiger partial charge in [-0.15, -0.1) is 0 Å². The molecule has 0 spiro atoms. The minimum atomic E-state index is -0.359. The number of nitrogens with one attached hydrogen (secondary N) is 1. The van der Waals surface area contributed by atoms with E-state index in [4.69, 9.17) is 4.74 Å². The van der Waals surface area contributed by atoms with Crippen LogP contribution in [0.5, 0.6) is 5.75 Å². The summed E-state index contributed by atoms with van der Waals surface area (Å²) in [6, 6.07) is 5.94. The second-order valence-electron chi connectivity index (χ2n) is 6.45. The normalized spacial score (nSPS) is 11.8. The zero-order valence-electron chi connectivity index (χ0n) is 19.0. The Kier molecular flexibility index (Phi) is 15.8. The summed E-state index contributed by atoms with van der Waals surface area (Å²) in [4.78, 5) is 2.07. The van der Waals surface area contributed by atoms with E-state index in [1.807, 2.05) is 32.2 Å². The molecule has 0 aliphatic rings. The molecule has 4 heteroatoms. The van der Waals surface area contributed by atoms with E-state index in [0.717, 1.165) is 38.8 Å². The van der Waals surface area contributed by atoms with Crippen LogP contribution in [-0.2, 0) is 0 Å². The predicted octanol–water partition coefficient (Wildman–Crippen LogP) is 7.77. The number of hydrogen-bond acceptors (Lipinski definition) is 3. The highest BCUT2D eigenvalue weighted by molar-refractivity contribution is 8.03. The minimum absolute atomic E-state index is 0.359. The van der Waals surface area contributed by atoms with E-state index >= 15 is 0 Å². The monoisotopic (exact) mass is 419 g/mol. The average molecular weight is 420 g/mol. The van der Waals surface area contributed by atoms with Gasteiger partial charge in [0, 0.05) is 29.0 Å². The molecule has 0 heterocycles. The van der Waals surface area contributed by atoms with Crippen molar-refractivity contribution in [3.63, 3.8) is 0 Å². The standard InChI is InChI=1S/C22H30FNOS.C3H8/c1-6-9-20(24-5)12-11-19(7-2)18(4)26-22-16-21(13-10-17(22)3)25-15-8-14-23;1-3-2/h7,9-13,16,24H,4,6,8,14-15H2,1-3,5H3;3H2,1-2H3/b12-11-,19-7+,20-9+;. The van der Waals surface area contributed by atoms with Crippen LogP contribution in [-0.4, -0.2) is 20.3 Å². The first-order valence-electron chi connectivity index (χ1n) is 10.4. The summed E-state index contributed by atoms with van der Waals surface area (Å²) < 4.78 is 17.8. The van der Waals surface area contributed by atoms with Crippen molar-refractivity contribution < 1.29 is 9.13 Å². The lowest BCUT2D eigenvalue weighted by molar-refractivity contribution is 0.289. The fourth-order valence-electron chi connectivity index (χ4n) is 2.22. The Balaban J connectivity index is 0.00000245. The number of hydrogen-bond donors (Lipinski definition) is 1. The number of aryl methyl sites for hydroxylation is 1. The fraction of sp³-hybridized carbons (Fsp3) is 0.440. The Morgan fingerprint density at radius 3 is 2.48 bits per heavy atom. The van der Waals surface area contributed by atoms with E-state index < -0.39 is 0 Å². The molecule has 1 N–H and O–H groups in total. The van der Waals surface area contributed by atoms with Crippen LogP contribution in [0.3, 0.4) is 0 Å². The largest absolute Gasteiger partial charge is 0.493 e. The number of rotatable bonds is 11. The summed E-state index contributed by atoms with van der Waals surface area (Å²) in [6.07, 6.45) is 11.0. The molecule has 29 heavy (non-hydrogen) atoms. The van der Waals surface area contributed by atoms with Gasteiger partial charge in [-0.25, -0.2) is 0 Å². The number of alkyl halides is 1. The first-order chi connectivity index (χ1) is 14.0. The third-order valence-corrected chi connectivity index (χ3v) is 4.87. The van der Waals surface area contributed by atoms with Gasteiger partial charge in [0.25, 0.3) is 0 Å². The summed E-state index contributed by atoms with van der Waals surface area (Å²) in [5.74, 6) is 0.764.